The third kappa shape index (κ3) is 2.08. The molecule has 0 spiro atoms. The molecular weight excluding hydrogens is 262 g/mol. The van der Waals surface area contributed by atoms with Gasteiger partial charge in [0.1, 0.15) is 0 Å². The lowest BCUT2D eigenvalue weighted by molar-refractivity contribution is 0.553. The van der Waals surface area contributed by atoms with Crippen LogP contribution in [0.3, 0.4) is 0 Å². The normalized spacial score (nSPS) is 26.1. The number of nitrogens with two attached hydrogens (primary N) is 1. The maximum atomic E-state index is 11.9. The van der Waals surface area contributed by atoms with E-state index in [0.717, 1.165) is 18.2 Å². The number of piperidine rings is 1. The lowest BCUT2D eigenvalue weighted by Crippen LogP contribution is -2.32. The first-order valence-electron chi connectivity index (χ1n) is 6.61. The number of anilines is 2. The summed E-state index contributed by atoms with van der Waals surface area (Å²) in [6, 6.07) is 5.46. The maximum Gasteiger partial charge on any atom is 0.240 e. The van der Waals surface area contributed by atoms with Crippen LogP contribution >= 0.6 is 0 Å². The van der Waals surface area contributed by atoms with Crippen molar-refractivity contribution in [3.8, 4) is 0 Å². The summed E-state index contributed by atoms with van der Waals surface area (Å²) in [6.45, 7) is 0.998. The number of nitrogen functional groups attached to an aromatic ring is 1. The van der Waals surface area contributed by atoms with Gasteiger partial charge < -0.3 is 10.6 Å². The summed E-state index contributed by atoms with van der Waals surface area (Å²) < 4.78 is 26.1. The van der Waals surface area contributed by atoms with Gasteiger partial charge in [0.2, 0.25) is 10.0 Å². The van der Waals surface area contributed by atoms with E-state index in [1.807, 2.05) is 0 Å². The topological polar surface area (TPSA) is 75.4 Å². The minimum Gasteiger partial charge on any atom is -0.397 e. The molecule has 5 nitrogen and oxygen atoms in total. The predicted molar refractivity (Wildman–Crippen MR) is 75.6 cm³/mol. The molecule has 1 saturated heterocycles. The summed E-state index contributed by atoms with van der Waals surface area (Å²) in [5, 5.41) is 0. The minimum atomic E-state index is -3.41. The van der Waals surface area contributed by atoms with Crippen LogP contribution in [0.15, 0.2) is 23.1 Å². The average Bonchev–Trinajstić information content (AvgIpc) is 3.01. The second kappa shape index (κ2) is 4.38. The lowest BCUT2D eigenvalue weighted by atomic mass is 10.1. The van der Waals surface area contributed by atoms with Crippen molar-refractivity contribution in [1.82, 2.24) is 4.72 Å². The van der Waals surface area contributed by atoms with Gasteiger partial charge in [-0.2, -0.15) is 0 Å². The quantitative estimate of drug-likeness (QED) is 0.815. The fourth-order valence-electron chi connectivity index (χ4n) is 3.28. The fourth-order valence-corrected chi connectivity index (χ4v) is 4.03. The molecule has 3 N–H and O–H groups in total. The fraction of sp³-hybridized carbons (Fsp3) is 0.538. The van der Waals surface area contributed by atoms with Gasteiger partial charge in [0.15, 0.2) is 0 Å². The molecule has 2 aliphatic rings. The Bertz CT molecular complexity index is 600. The molecule has 1 aromatic rings. The lowest BCUT2D eigenvalue weighted by Gasteiger charge is -2.30. The Hall–Kier alpha value is -1.27. The Morgan fingerprint density at radius 3 is 2.74 bits per heavy atom. The van der Waals surface area contributed by atoms with Crippen LogP contribution < -0.4 is 15.4 Å². The van der Waals surface area contributed by atoms with E-state index in [0.29, 0.717) is 11.7 Å². The van der Waals surface area contributed by atoms with Gasteiger partial charge in [0.25, 0.3) is 0 Å². The SMILES string of the molecule is CNS(=O)(=O)c1ccc(N)c(N2CC3CCC2C3)c1. The third-order valence-electron chi connectivity index (χ3n) is 4.30. The molecule has 1 aromatic carbocycles. The van der Waals surface area contributed by atoms with Crippen molar-refractivity contribution in [2.75, 3.05) is 24.2 Å². The van der Waals surface area contributed by atoms with Gasteiger partial charge >= 0.3 is 0 Å². The average molecular weight is 281 g/mol. The molecule has 6 heteroatoms. The van der Waals surface area contributed by atoms with Crippen LogP contribution in [-0.2, 0) is 10.0 Å². The number of nitrogens with zero attached hydrogens (tertiary/aromatic N) is 1. The number of hydrogen-bond acceptors (Lipinski definition) is 4. The van der Waals surface area contributed by atoms with Crippen LogP contribution in [0, 0.1) is 5.92 Å². The molecular formula is C13H19N3O2S. The Balaban J connectivity index is 2.00. The van der Waals surface area contributed by atoms with Crippen molar-refractivity contribution < 1.29 is 8.42 Å². The molecule has 0 aromatic heterocycles. The summed E-state index contributed by atoms with van der Waals surface area (Å²) >= 11 is 0. The van der Waals surface area contributed by atoms with Gasteiger partial charge in [-0.25, -0.2) is 13.1 Å². The highest BCUT2D eigenvalue weighted by atomic mass is 32.2. The monoisotopic (exact) mass is 281 g/mol. The molecule has 2 bridgehead atoms. The van der Waals surface area contributed by atoms with Crippen LogP contribution in [0.5, 0.6) is 0 Å². The van der Waals surface area contributed by atoms with Crippen molar-refractivity contribution in [1.29, 1.82) is 0 Å². The molecule has 1 heterocycles. The summed E-state index contributed by atoms with van der Waals surface area (Å²) in [5.41, 5.74) is 7.55. The van der Waals surface area contributed by atoms with Crippen molar-refractivity contribution in [2.45, 2.75) is 30.2 Å². The minimum absolute atomic E-state index is 0.280. The number of rotatable bonds is 3. The first-order chi connectivity index (χ1) is 9.01. The molecule has 0 radical (unpaired) electrons. The highest BCUT2D eigenvalue weighted by Crippen LogP contribution is 2.42. The molecule has 1 aliphatic heterocycles. The van der Waals surface area contributed by atoms with Crippen LogP contribution in [0.4, 0.5) is 11.4 Å². The van der Waals surface area contributed by atoms with Crippen LogP contribution in [-0.4, -0.2) is 28.1 Å². The zero-order chi connectivity index (χ0) is 13.6. The number of fused-ring (bicyclic) bond motifs is 2. The molecule has 3 rings (SSSR count). The van der Waals surface area contributed by atoms with Gasteiger partial charge in [0, 0.05) is 12.6 Å². The zero-order valence-corrected chi connectivity index (χ0v) is 11.8. The Morgan fingerprint density at radius 2 is 2.16 bits per heavy atom. The highest BCUT2D eigenvalue weighted by Gasteiger charge is 2.38. The zero-order valence-electron chi connectivity index (χ0n) is 11.0. The van der Waals surface area contributed by atoms with Gasteiger partial charge in [-0.05, 0) is 50.4 Å². The number of nitrogens with one attached hydrogen (secondary N) is 1. The number of benzene rings is 1. The van der Waals surface area contributed by atoms with Gasteiger partial charge in [-0.15, -0.1) is 0 Å². The molecule has 0 amide bonds. The van der Waals surface area contributed by atoms with Gasteiger partial charge in [-0.3, -0.25) is 0 Å². The molecule has 104 valence electrons. The van der Waals surface area contributed by atoms with Crippen molar-refractivity contribution in [3.05, 3.63) is 18.2 Å². The molecule has 1 saturated carbocycles. The highest BCUT2D eigenvalue weighted by molar-refractivity contribution is 7.89. The standard InChI is InChI=1S/C13H19N3O2S/c1-15-19(17,18)11-4-5-12(14)13(7-11)16-8-9-2-3-10(16)6-9/h4-5,7,9-10,15H,2-3,6,8,14H2,1H3. The van der Waals surface area contributed by atoms with Crippen molar-refractivity contribution in [3.63, 3.8) is 0 Å². The van der Waals surface area contributed by atoms with E-state index < -0.39 is 10.0 Å². The van der Waals surface area contributed by atoms with Gasteiger partial charge in [-0.1, -0.05) is 0 Å². The smallest absolute Gasteiger partial charge is 0.240 e. The first kappa shape index (κ1) is 12.7. The van der Waals surface area contributed by atoms with E-state index in [2.05, 4.69) is 9.62 Å². The number of hydrogen-bond donors (Lipinski definition) is 2. The van der Waals surface area contributed by atoms with E-state index in [9.17, 15) is 8.42 Å². The first-order valence-corrected chi connectivity index (χ1v) is 8.09. The third-order valence-corrected chi connectivity index (χ3v) is 5.71. The van der Waals surface area contributed by atoms with Gasteiger partial charge in [0.05, 0.1) is 16.3 Å². The molecule has 2 atom stereocenters. The van der Waals surface area contributed by atoms with Crippen LogP contribution in [0.1, 0.15) is 19.3 Å². The number of sulfonamides is 1. The Kier molecular flexibility index (Phi) is 2.94. The maximum absolute atomic E-state index is 11.9. The van der Waals surface area contributed by atoms with Crippen LogP contribution in [0.25, 0.3) is 0 Å². The second-order valence-electron chi connectivity index (χ2n) is 5.41. The van der Waals surface area contributed by atoms with E-state index in [1.54, 1.807) is 18.2 Å². The molecule has 2 fully saturated rings. The summed E-state index contributed by atoms with van der Waals surface area (Å²) in [7, 11) is -1.99. The summed E-state index contributed by atoms with van der Waals surface area (Å²) in [4.78, 5) is 2.56. The molecule has 1 aliphatic carbocycles. The van der Waals surface area contributed by atoms with Crippen molar-refractivity contribution in [2.24, 2.45) is 5.92 Å². The summed E-state index contributed by atoms with van der Waals surface area (Å²) in [6.07, 6.45) is 3.69. The Labute approximate surface area is 113 Å². The largest absolute Gasteiger partial charge is 0.397 e. The molecule has 2 unspecified atom stereocenters. The second-order valence-corrected chi connectivity index (χ2v) is 7.30. The van der Waals surface area contributed by atoms with Crippen molar-refractivity contribution >= 4 is 21.4 Å². The predicted octanol–water partition coefficient (Wildman–Crippen LogP) is 1.17. The van der Waals surface area contributed by atoms with E-state index in [-0.39, 0.29) is 4.90 Å². The molecule has 19 heavy (non-hydrogen) atoms. The van der Waals surface area contributed by atoms with E-state index in [1.165, 1.54) is 26.3 Å². The van der Waals surface area contributed by atoms with E-state index in [4.69, 9.17) is 5.73 Å². The van der Waals surface area contributed by atoms with E-state index >= 15 is 0 Å². The summed E-state index contributed by atoms with van der Waals surface area (Å²) in [5.74, 6) is 0.744. The van der Waals surface area contributed by atoms with Crippen LogP contribution in [0.2, 0.25) is 0 Å². The Morgan fingerprint density at radius 1 is 1.37 bits per heavy atom.